The maximum atomic E-state index is 13.1. The van der Waals surface area contributed by atoms with Gasteiger partial charge in [-0.3, -0.25) is 14.9 Å². The lowest BCUT2D eigenvalue weighted by Gasteiger charge is -2.40. The zero-order chi connectivity index (χ0) is 38.0. The van der Waals surface area contributed by atoms with E-state index < -0.39 is 40.9 Å². The number of carbonyl (C=O) groups is 2. The molecule has 53 heavy (non-hydrogen) atoms. The second-order valence-electron chi connectivity index (χ2n) is 13.5. The van der Waals surface area contributed by atoms with Gasteiger partial charge in [-0.25, -0.2) is 18.3 Å². The molecule has 17 heteroatoms. The number of carbonyl (C=O) groups excluding carboxylic acids is 2. The maximum Gasteiger partial charge on any atom is 0.254 e. The molecule has 0 saturated carbocycles. The monoisotopic (exact) mass is 751 g/mol. The highest BCUT2D eigenvalue weighted by atomic mass is 32.2. The molecule has 2 aromatic carbocycles. The Hall–Kier alpha value is -4.54. The number of unbranched alkanes of at least 4 members (excludes halogenated alkanes) is 2. The van der Waals surface area contributed by atoms with Gasteiger partial charge in [-0.2, -0.15) is 0 Å². The zero-order valence-corrected chi connectivity index (χ0v) is 30.6. The fourth-order valence-electron chi connectivity index (χ4n) is 6.91. The predicted octanol–water partition coefficient (Wildman–Crippen LogP) is 0.816. The summed E-state index contributed by atoms with van der Waals surface area (Å²) in [6.45, 7) is 0.696. The molecule has 3 aromatic rings. The van der Waals surface area contributed by atoms with Crippen molar-refractivity contribution >= 4 is 33.2 Å². The Kier molecular flexibility index (Phi) is 11.4. The van der Waals surface area contributed by atoms with Crippen molar-refractivity contribution in [2.24, 2.45) is 7.05 Å². The Morgan fingerprint density at radius 1 is 1.08 bits per heavy atom. The molecule has 3 aliphatic heterocycles. The van der Waals surface area contributed by atoms with Gasteiger partial charge in [-0.05, 0) is 69.5 Å². The van der Waals surface area contributed by atoms with Crippen LogP contribution in [0, 0.1) is 11.8 Å². The second kappa shape index (κ2) is 15.8. The van der Waals surface area contributed by atoms with Crippen molar-refractivity contribution in [1.29, 1.82) is 0 Å². The van der Waals surface area contributed by atoms with Gasteiger partial charge in [0.05, 0.1) is 19.2 Å². The van der Waals surface area contributed by atoms with Crippen LogP contribution in [0.3, 0.4) is 0 Å². The maximum absolute atomic E-state index is 13.1. The average molecular weight is 752 g/mol. The Balaban J connectivity index is 0.959. The number of sulfone groups is 1. The molecule has 0 radical (unpaired) electrons. The number of nitrogens with zero attached hydrogens (tertiary/aromatic N) is 5. The number of anilines is 2. The van der Waals surface area contributed by atoms with Crippen molar-refractivity contribution in [3.05, 3.63) is 64.8 Å². The number of amides is 2. The first-order chi connectivity index (χ1) is 25.2. The third-order valence-corrected chi connectivity index (χ3v) is 10.8. The summed E-state index contributed by atoms with van der Waals surface area (Å²) in [7, 11) is -0.692. The number of hydrogen-bond acceptors (Lipinski definition) is 13. The molecule has 6 N–H and O–H groups in total. The number of hydrogen-bond donors (Lipinski definition) is 6. The van der Waals surface area contributed by atoms with Gasteiger partial charge in [0.15, 0.2) is 18.4 Å². The van der Waals surface area contributed by atoms with E-state index in [1.54, 1.807) is 29.2 Å². The first-order valence-corrected chi connectivity index (χ1v) is 19.3. The quantitative estimate of drug-likeness (QED) is 0.119. The normalized spacial score (nSPS) is 22.9. The summed E-state index contributed by atoms with van der Waals surface area (Å²) in [5.41, 5.74) is 2.69. The smallest absolute Gasteiger partial charge is 0.254 e. The molecule has 1 fully saturated rings. The minimum absolute atomic E-state index is 0.00149. The molecule has 4 heterocycles. The fourth-order valence-corrected chi connectivity index (χ4v) is 7.76. The van der Waals surface area contributed by atoms with E-state index in [2.05, 4.69) is 27.5 Å². The van der Waals surface area contributed by atoms with Crippen LogP contribution in [0.2, 0.25) is 0 Å². The third kappa shape index (κ3) is 8.19. The summed E-state index contributed by atoms with van der Waals surface area (Å²) in [5, 5.41) is 47.1. The highest BCUT2D eigenvalue weighted by molar-refractivity contribution is 7.90. The van der Waals surface area contributed by atoms with Gasteiger partial charge in [0.1, 0.15) is 23.9 Å². The topological polar surface area (TPSA) is 210 Å². The molecular weight excluding hydrogens is 707 g/mol. The predicted molar refractivity (Wildman–Crippen MR) is 193 cm³/mol. The molecule has 0 bridgehead atoms. The molecule has 6 rings (SSSR count). The summed E-state index contributed by atoms with van der Waals surface area (Å²) >= 11 is 0. The molecule has 5 atom stereocenters. The molecular formula is C36H45N7O9S. The van der Waals surface area contributed by atoms with Crippen LogP contribution in [-0.2, 0) is 28.2 Å². The molecule has 0 spiro atoms. The first kappa shape index (κ1) is 38.2. The number of aromatic nitrogens is 2. The van der Waals surface area contributed by atoms with Crippen molar-refractivity contribution in [2.75, 3.05) is 36.7 Å². The van der Waals surface area contributed by atoms with E-state index in [0.29, 0.717) is 66.8 Å². The number of ether oxygens (including phenoxy) is 1. The van der Waals surface area contributed by atoms with Gasteiger partial charge in [0, 0.05) is 48.6 Å². The number of aliphatic hydroxyl groups excluding tert-OH is 4. The van der Waals surface area contributed by atoms with Gasteiger partial charge < -0.3 is 44.8 Å². The highest BCUT2D eigenvalue weighted by Gasteiger charge is 2.41. The summed E-state index contributed by atoms with van der Waals surface area (Å²) in [6, 6.07) is 12.0. The van der Waals surface area contributed by atoms with Gasteiger partial charge in [-0.1, -0.05) is 24.0 Å². The van der Waals surface area contributed by atoms with Crippen LogP contribution in [0.4, 0.5) is 11.5 Å². The van der Waals surface area contributed by atoms with E-state index in [-0.39, 0.29) is 41.6 Å². The van der Waals surface area contributed by atoms with Crippen LogP contribution in [0.1, 0.15) is 71.9 Å². The van der Waals surface area contributed by atoms with Crippen LogP contribution in [-0.4, -0.2) is 111 Å². The van der Waals surface area contributed by atoms with Gasteiger partial charge in [0.25, 0.3) is 5.91 Å². The Labute approximate surface area is 307 Å². The van der Waals surface area contributed by atoms with Crippen molar-refractivity contribution < 1.29 is 43.2 Å². The van der Waals surface area contributed by atoms with Gasteiger partial charge in [0.2, 0.25) is 20.9 Å². The van der Waals surface area contributed by atoms with Crippen molar-refractivity contribution in [3.8, 4) is 17.6 Å². The summed E-state index contributed by atoms with van der Waals surface area (Å²) in [5.74, 6) is 6.42. The van der Waals surface area contributed by atoms with Crippen LogP contribution >= 0.6 is 0 Å². The Bertz CT molecular complexity index is 2030. The van der Waals surface area contributed by atoms with Crippen LogP contribution in [0.5, 0.6) is 5.75 Å². The number of benzene rings is 2. The van der Waals surface area contributed by atoms with E-state index in [0.717, 1.165) is 12.7 Å². The number of fused-ring (bicyclic) bond motifs is 2. The van der Waals surface area contributed by atoms with Crippen LogP contribution in [0.15, 0.2) is 47.6 Å². The molecule has 1 saturated heterocycles. The van der Waals surface area contributed by atoms with E-state index in [9.17, 15) is 38.4 Å². The van der Waals surface area contributed by atoms with E-state index in [1.165, 1.54) is 28.5 Å². The fraction of sp³-hybridized carbons (Fsp3) is 0.472. The minimum atomic E-state index is -3.69. The van der Waals surface area contributed by atoms with E-state index >= 15 is 0 Å². The number of aliphatic hydroxyl groups is 4. The highest BCUT2D eigenvalue weighted by Crippen LogP contribution is 2.37. The summed E-state index contributed by atoms with van der Waals surface area (Å²) < 4.78 is 31.7. The number of nitrogens with one attached hydrogen (secondary N) is 2. The lowest BCUT2D eigenvalue weighted by Crippen LogP contribution is -2.56. The summed E-state index contributed by atoms with van der Waals surface area (Å²) in [4.78, 5) is 34.4. The largest absolute Gasteiger partial charge is 0.494 e. The molecule has 16 nitrogen and oxygen atoms in total. The van der Waals surface area contributed by atoms with Gasteiger partial charge in [-0.15, -0.1) is 0 Å². The molecule has 2 amide bonds. The third-order valence-electron chi connectivity index (χ3n) is 9.72. The van der Waals surface area contributed by atoms with Crippen LogP contribution < -0.4 is 20.3 Å². The Morgan fingerprint density at radius 3 is 2.60 bits per heavy atom. The standard InChI is InChI=1S/C36H45N7O9S/c1-40-30-31(39-35(40)53(3,50)51)42(36(49)41(2)34(30)48)18-9-11-22-10-7-12-23(20-22)52-19-6-4-5-15-28(44)37-26-14-8-13-24-25(26)21-43(33(24)47)27-16-17-29(45)38-32(27)46/h7-8,10,12-14,20,27,29,32,34,36,38,45-46,48-49H,4-6,15-19,21H2,1-3H3,(H,37,44). The number of imidazole rings is 1. The minimum Gasteiger partial charge on any atom is -0.494 e. The molecule has 5 unspecified atom stereocenters. The summed E-state index contributed by atoms with van der Waals surface area (Å²) in [6.07, 6.45) is -0.0929. The van der Waals surface area contributed by atoms with Gasteiger partial charge >= 0.3 is 0 Å². The lowest BCUT2D eigenvalue weighted by atomic mass is 10.0. The molecule has 1 aromatic heterocycles. The molecule has 284 valence electrons. The van der Waals surface area contributed by atoms with Crippen molar-refractivity contribution in [1.82, 2.24) is 24.7 Å². The number of rotatable bonds is 11. The SMILES string of the molecule is CN1C(O)c2c(nc(S(C)(=O)=O)n2C)N(CC#Cc2cccc(OCCCCCC(=O)Nc3cccc4c3CN(C3CCC(O)NC3O)C4=O)c2)C1O. The Morgan fingerprint density at radius 2 is 1.85 bits per heavy atom. The van der Waals surface area contributed by atoms with Crippen molar-refractivity contribution in [2.45, 2.75) is 81.3 Å². The first-order valence-electron chi connectivity index (χ1n) is 17.4. The molecule has 3 aliphatic rings. The zero-order valence-electron chi connectivity index (χ0n) is 29.8. The lowest BCUT2D eigenvalue weighted by molar-refractivity contribution is -0.116. The average Bonchev–Trinajstić information content (AvgIpc) is 3.64. The van der Waals surface area contributed by atoms with E-state index in [4.69, 9.17) is 4.74 Å². The molecule has 0 aliphatic carbocycles. The van der Waals surface area contributed by atoms with Crippen LogP contribution in [0.25, 0.3) is 0 Å². The van der Waals surface area contributed by atoms with Crippen molar-refractivity contribution in [3.63, 3.8) is 0 Å². The van der Waals surface area contributed by atoms with E-state index in [1.807, 2.05) is 18.2 Å². The number of piperidine rings is 1. The second-order valence-corrected chi connectivity index (χ2v) is 15.4.